The average Bonchev–Trinajstić information content (AvgIpc) is 3.80. The second-order valence-corrected chi connectivity index (χ2v) is 15.0. The predicted octanol–water partition coefficient (Wildman–Crippen LogP) is 13.5. The minimum Gasteiger partial charge on any atom is -0.135 e. The second kappa shape index (κ2) is 9.57. The van der Waals surface area contributed by atoms with Crippen molar-refractivity contribution in [3.63, 3.8) is 0 Å². The molecule has 0 aliphatic heterocycles. The highest BCUT2D eigenvalue weighted by atomic mass is 32.1. The molecule has 0 amide bonds. The van der Waals surface area contributed by atoms with E-state index in [1.54, 1.807) is 0 Å². The van der Waals surface area contributed by atoms with Crippen LogP contribution in [0.2, 0.25) is 0 Å². The SMILES string of the molecule is c1ccc2c(c1)-c1cc(-c3ccc4sc5ccccc5c4c3)ccc1C21c2ccccc2-c2cc3c4ccccc4c4ccccc4c3cc21. The summed E-state index contributed by atoms with van der Waals surface area (Å²) >= 11 is 1.88. The lowest BCUT2D eigenvalue weighted by Gasteiger charge is -2.31. The monoisotopic (exact) mass is 648 g/mol. The molecule has 10 aromatic rings. The van der Waals surface area contributed by atoms with E-state index in [1.165, 1.54) is 108 Å². The highest BCUT2D eigenvalue weighted by molar-refractivity contribution is 7.25. The predicted molar refractivity (Wildman–Crippen MR) is 214 cm³/mol. The third-order valence-corrected chi connectivity index (χ3v) is 12.8. The van der Waals surface area contributed by atoms with Gasteiger partial charge in [-0.3, -0.25) is 0 Å². The zero-order chi connectivity index (χ0) is 32.6. The minimum absolute atomic E-state index is 0.398. The lowest BCUT2D eigenvalue weighted by atomic mass is 9.70. The zero-order valence-electron chi connectivity index (χ0n) is 27.1. The summed E-state index contributed by atoms with van der Waals surface area (Å²) in [5.74, 6) is 0. The van der Waals surface area contributed by atoms with Crippen LogP contribution in [0.4, 0.5) is 0 Å². The summed E-state index contributed by atoms with van der Waals surface area (Å²) in [5.41, 5.74) is 13.0. The highest BCUT2D eigenvalue weighted by Gasteiger charge is 2.51. The Labute approximate surface area is 293 Å². The minimum atomic E-state index is -0.398. The van der Waals surface area contributed by atoms with Gasteiger partial charge in [-0.25, -0.2) is 0 Å². The maximum Gasteiger partial charge on any atom is 0.0725 e. The summed E-state index contributed by atoms with van der Waals surface area (Å²) in [5, 5.41) is 10.6. The molecule has 1 heterocycles. The Hall–Kier alpha value is -6.02. The molecule has 2 aliphatic carbocycles. The van der Waals surface area contributed by atoms with E-state index >= 15 is 0 Å². The molecule has 230 valence electrons. The molecule has 1 atom stereocenters. The van der Waals surface area contributed by atoms with Gasteiger partial charge in [0, 0.05) is 20.2 Å². The summed E-state index contributed by atoms with van der Waals surface area (Å²) in [7, 11) is 0. The lowest BCUT2D eigenvalue weighted by Crippen LogP contribution is -2.25. The van der Waals surface area contributed by atoms with Crippen LogP contribution in [0.5, 0.6) is 0 Å². The molecule has 2 aliphatic rings. The molecule has 0 saturated heterocycles. The third-order valence-electron chi connectivity index (χ3n) is 11.7. The Morgan fingerprint density at radius 1 is 0.280 bits per heavy atom. The molecule has 0 saturated carbocycles. The molecule has 0 bridgehead atoms. The molecule has 1 heteroatoms. The van der Waals surface area contributed by atoms with Gasteiger partial charge in [0.25, 0.3) is 0 Å². The summed E-state index contributed by atoms with van der Waals surface area (Å²) in [6.45, 7) is 0. The Morgan fingerprint density at radius 2 is 0.760 bits per heavy atom. The third kappa shape index (κ3) is 3.26. The molecule has 50 heavy (non-hydrogen) atoms. The molecule has 1 unspecified atom stereocenters. The topological polar surface area (TPSA) is 0 Å². The zero-order valence-corrected chi connectivity index (χ0v) is 27.9. The quantitative estimate of drug-likeness (QED) is 0.155. The van der Waals surface area contributed by atoms with Crippen LogP contribution in [0.25, 0.3) is 85.9 Å². The van der Waals surface area contributed by atoms with Crippen LogP contribution in [-0.2, 0) is 5.41 Å². The molecular formula is C49H28S. The maximum atomic E-state index is 2.55. The van der Waals surface area contributed by atoms with E-state index in [9.17, 15) is 0 Å². The molecular weight excluding hydrogens is 621 g/mol. The van der Waals surface area contributed by atoms with Crippen molar-refractivity contribution in [2.45, 2.75) is 5.41 Å². The number of rotatable bonds is 1. The van der Waals surface area contributed by atoms with E-state index in [-0.39, 0.29) is 0 Å². The van der Waals surface area contributed by atoms with Crippen molar-refractivity contribution < 1.29 is 0 Å². The van der Waals surface area contributed by atoms with Gasteiger partial charge in [-0.1, -0.05) is 133 Å². The molecule has 0 fully saturated rings. The summed E-state index contributed by atoms with van der Waals surface area (Å²) < 4.78 is 2.68. The fourth-order valence-electron chi connectivity index (χ4n) is 9.62. The van der Waals surface area contributed by atoms with Crippen molar-refractivity contribution in [2.24, 2.45) is 0 Å². The van der Waals surface area contributed by atoms with Gasteiger partial charge < -0.3 is 0 Å². The van der Waals surface area contributed by atoms with E-state index in [0.717, 1.165) is 0 Å². The first-order valence-electron chi connectivity index (χ1n) is 17.4. The van der Waals surface area contributed by atoms with E-state index in [1.807, 2.05) is 11.3 Å². The second-order valence-electron chi connectivity index (χ2n) is 13.9. The van der Waals surface area contributed by atoms with E-state index in [2.05, 4.69) is 170 Å². The molecule has 0 N–H and O–H groups in total. The number of fused-ring (bicyclic) bond motifs is 19. The van der Waals surface area contributed by atoms with Crippen LogP contribution < -0.4 is 0 Å². The normalized spacial score (nSPS) is 15.7. The Kier molecular flexibility index (Phi) is 5.14. The summed E-state index contributed by atoms with van der Waals surface area (Å²) in [4.78, 5) is 0. The van der Waals surface area contributed by atoms with Gasteiger partial charge in [-0.15, -0.1) is 11.3 Å². The average molecular weight is 649 g/mol. The molecule has 0 radical (unpaired) electrons. The van der Waals surface area contributed by atoms with Crippen molar-refractivity contribution in [1.29, 1.82) is 0 Å². The number of hydrogen-bond acceptors (Lipinski definition) is 1. The van der Waals surface area contributed by atoms with E-state index < -0.39 is 5.41 Å². The molecule has 12 rings (SSSR count). The standard InChI is InChI=1S/C49H28S/c1-3-13-33-31(11-1)32-12-2-4-14-34(32)39-28-46-41(27-38(33)39)36-16-6-9-19-44(36)49(46)43-18-8-5-15-35(43)40-25-29(21-23-45(40)49)30-22-24-48-42(26-30)37-17-7-10-20-47(37)50-48/h1-28H. The van der Waals surface area contributed by atoms with E-state index in [4.69, 9.17) is 0 Å². The highest BCUT2D eigenvalue weighted by Crippen LogP contribution is 2.64. The number of thiophene rings is 1. The van der Waals surface area contributed by atoms with Crippen molar-refractivity contribution in [3.05, 3.63) is 192 Å². The largest absolute Gasteiger partial charge is 0.135 e. The first-order valence-corrected chi connectivity index (χ1v) is 18.2. The van der Waals surface area contributed by atoms with Crippen molar-refractivity contribution in [1.82, 2.24) is 0 Å². The van der Waals surface area contributed by atoms with Crippen LogP contribution in [0.15, 0.2) is 170 Å². The summed E-state index contributed by atoms with van der Waals surface area (Å²) in [6.07, 6.45) is 0. The van der Waals surface area contributed by atoms with Crippen LogP contribution in [0, 0.1) is 0 Å². The van der Waals surface area contributed by atoms with Crippen LogP contribution in [0.3, 0.4) is 0 Å². The smallest absolute Gasteiger partial charge is 0.0725 e. The lowest BCUT2D eigenvalue weighted by molar-refractivity contribution is 0.795. The van der Waals surface area contributed by atoms with Gasteiger partial charge in [-0.2, -0.15) is 0 Å². The van der Waals surface area contributed by atoms with Gasteiger partial charge in [0.1, 0.15) is 0 Å². The molecule has 0 nitrogen and oxygen atoms in total. The van der Waals surface area contributed by atoms with Gasteiger partial charge >= 0.3 is 0 Å². The molecule has 1 aromatic heterocycles. The van der Waals surface area contributed by atoms with Gasteiger partial charge in [0.15, 0.2) is 0 Å². The fraction of sp³-hybridized carbons (Fsp3) is 0.0204. The first kappa shape index (κ1) is 26.9. The van der Waals surface area contributed by atoms with Gasteiger partial charge in [-0.05, 0) is 124 Å². The molecule has 1 spiro atoms. The molecule has 9 aromatic carbocycles. The Balaban J connectivity index is 1.17. The van der Waals surface area contributed by atoms with Gasteiger partial charge in [0.05, 0.1) is 5.41 Å². The number of hydrogen-bond donors (Lipinski definition) is 0. The Morgan fingerprint density at radius 3 is 1.46 bits per heavy atom. The van der Waals surface area contributed by atoms with Crippen LogP contribution in [0.1, 0.15) is 22.3 Å². The van der Waals surface area contributed by atoms with Crippen LogP contribution >= 0.6 is 11.3 Å². The van der Waals surface area contributed by atoms with Crippen molar-refractivity contribution in [3.8, 4) is 33.4 Å². The van der Waals surface area contributed by atoms with Gasteiger partial charge in [0.2, 0.25) is 0 Å². The van der Waals surface area contributed by atoms with Crippen molar-refractivity contribution >= 4 is 63.8 Å². The van der Waals surface area contributed by atoms with Crippen molar-refractivity contribution in [2.75, 3.05) is 0 Å². The first-order chi connectivity index (χ1) is 24.8. The summed E-state index contributed by atoms with van der Waals surface area (Å²) in [6, 6.07) is 64.3. The number of benzene rings is 9. The maximum absolute atomic E-state index is 2.55. The van der Waals surface area contributed by atoms with Crippen LogP contribution in [-0.4, -0.2) is 0 Å². The fourth-order valence-corrected chi connectivity index (χ4v) is 10.7. The van der Waals surface area contributed by atoms with E-state index in [0.29, 0.717) is 0 Å². The Bertz CT molecular complexity index is 3100.